The first-order valence-electron chi connectivity index (χ1n) is 4.10. The molecule has 0 radical (unpaired) electrons. The number of hydrogen-bond donors (Lipinski definition) is 0. The maximum absolute atomic E-state index is 11.2. The minimum atomic E-state index is 0.156. The number of carbonyl (C=O) groups is 1. The van der Waals surface area contributed by atoms with Crippen LogP contribution in [0.3, 0.4) is 0 Å². The van der Waals surface area contributed by atoms with Gasteiger partial charge in [0, 0.05) is 5.56 Å². The maximum Gasteiger partial charge on any atom is 0.172 e. The minimum absolute atomic E-state index is 0.156. The van der Waals surface area contributed by atoms with E-state index in [0.29, 0.717) is 11.0 Å². The van der Waals surface area contributed by atoms with Crippen molar-refractivity contribution >= 4 is 28.4 Å². The maximum atomic E-state index is 11.2. The largest absolute Gasteiger partial charge is 0.494 e. The molecule has 1 aromatic carbocycles. The first-order valence-corrected chi connectivity index (χ1v) is 5.62. The van der Waals surface area contributed by atoms with Crippen LogP contribution < -0.4 is 4.74 Å². The number of rotatable bonds is 4. The Hall–Kier alpha value is -0.580. The Morgan fingerprint density at radius 2 is 2.00 bits per heavy atom. The van der Waals surface area contributed by atoms with Crippen LogP contribution >= 0.6 is 22.6 Å². The van der Waals surface area contributed by atoms with Gasteiger partial charge in [-0.15, -0.1) is 0 Å². The van der Waals surface area contributed by atoms with E-state index in [1.54, 1.807) is 12.1 Å². The zero-order valence-electron chi connectivity index (χ0n) is 7.42. The van der Waals surface area contributed by atoms with Crippen molar-refractivity contribution < 1.29 is 9.53 Å². The van der Waals surface area contributed by atoms with E-state index in [-0.39, 0.29) is 5.78 Å². The van der Waals surface area contributed by atoms with Crippen molar-refractivity contribution in [3.05, 3.63) is 29.8 Å². The Morgan fingerprint density at radius 1 is 1.38 bits per heavy atom. The van der Waals surface area contributed by atoms with Crippen LogP contribution in [0.5, 0.6) is 5.75 Å². The standard InChI is InChI=1S/C10H11IO2/c1-2-13-9-5-3-8(4-6-9)10(12)7-11/h3-6H,2,7H2,1H3. The molecule has 0 aliphatic heterocycles. The van der Waals surface area contributed by atoms with Gasteiger partial charge in [-0.3, -0.25) is 4.79 Å². The first-order chi connectivity index (χ1) is 6.27. The Labute approximate surface area is 91.4 Å². The van der Waals surface area contributed by atoms with Crippen molar-refractivity contribution in [3.8, 4) is 5.75 Å². The average molecular weight is 290 g/mol. The smallest absolute Gasteiger partial charge is 0.172 e. The van der Waals surface area contributed by atoms with E-state index in [9.17, 15) is 4.79 Å². The van der Waals surface area contributed by atoms with E-state index < -0.39 is 0 Å². The molecule has 0 saturated carbocycles. The Bertz CT molecular complexity index is 279. The lowest BCUT2D eigenvalue weighted by atomic mass is 10.1. The summed E-state index contributed by atoms with van der Waals surface area (Å²) >= 11 is 2.06. The molecule has 1 aromatic rings. The Morgan fingerprint density at radius 3 is 2.46 bits per heavy atom. The van der Waals surface area contributed by atoms with Crippen molar-refractivity contribution in [2.45, 2.75) is 6.92 Å². The van der Waals surface area contributed by atoms with Gasteiger partial charge >= 0.3 is 0 Å². The summed E-state index contributed by atoms with van der Waals surface area (Å²) < 4.78 is 5.78. The lowest BCUT2D eigenvalue weighted by Crippen LogP contribution is -1.99. The summed E-state index contributed by atoms with van der Waals surface area (Å²) in [5.74, 6) is 0.969. The molecule has 0 aliphatic carbocycles. The second-order valence-corrected chi connectivity index (χ2v) is 3.28. The third kappa shape index (κ3) is 2.99. The van der Waals surface area contributed by atoms with Crippen LogP contribution in [0, 0.1) is 0 Å². The molecule has 0 heterocycles. The van der Waals surface area contributed by atoms with Crippen LogP contribution in [0.2, 0.25) is 0 Å². The Balaban J connectivity index is 2.75. The molecule has 70 valence electrons. The van der Waals surface area contributed by atoms with Gasteiger partial charge in [0.2, 0.25) is 0 Å². The van der Waals surface area contributed by atoms with Crippen molar-refractivity contribution in [1.29, 1.82) is 0 Å². The fourth-order valence-electron chi connectivity index (χ4n) is 0.981. The van der Waals surface area contributed by atoms with Gasteiger partial charge in [-0.1, -0.05) is 22.6 Å². The molecular weight excluding hydrogens is 279 g/mol. The van der Waals surface area contributed by atoms with Gasteiger partial charge in [0.05, 0.1) is 11.0 Å². The monoisotopic (exact) mass is 290 g/mol. The van der Waals surface area contributed by atoms with E-state index in [2.05, 4.69) is 22.6 Å². The molecule has 0 saturated heterocycles. The number of ether oxygens (including phenoxy) is 1. The molecule has 2 nitrogen and oxygen atoms in total. The zero-order chi connectivity index (χ0) is 9.68. The molecule has 0 atom stereocenters. The van der Waals surface area contributed by atoms with Gasteiger partial charge in [-0.05, 0) is 31.2 Å². The summed E-state index contributed by atoms with van der Waals surface area (Å²) in [4.78, 5) is 11.2. The topological polar surface area (TPSA) is 26.3 Å². The molecular formula is C10H11IO2. The van der Waals surface area contributed by atoms with Crippen LogP contribution in [0.15, 0.2) is 24.3 Å². The number of benzene rings is 1. The SMILES string of the molecule is CCOc1ccc(C(=O)CI)cc1. The first kappa shape index (κ1) is 10.5. The summed E-state index contributed by atoms with van der Waals surface area (Å²) in [6.07, 6.45) is 0. The molecule has 0 fully saturated rings. The van der Waals surface area contributed by atoms with Crippen LogP contribution in [-0.2, 0) is 0 Å². The molecule has 0 bridgehead atoms. The summed E-state index contributed by atoms with van der Waals surface area (Å²) in [6, 6.07) is 7.24. The van der Waals surface area contributed by atoms with Gasteiger partial charge in [-0.25, -0.2) is 0 Å². The molecule has 0 spiro atoms. The third-order valence-corrected chi connectivity index (χ3v) is 2.30. The number of carbonyl (C=O) groups excluding carboxylic acids is 1. The lowest BCUT2D eigenvalue weighted by Gasteiger charge is -2.02. The number of hydrogen-bond acceptors (Lipinski definition) is 2. The van der Waals surface area contributed by atoms with Crippen LogP contribution in [0.1, 0.15) is 17.3 Å². The number of halogens is 1. The van der Waals surface area contributed by atoms with Gasteiger partial charge in [0.15, 0.2) is 5.78 Å². The van der Waals surface area contributed by atoms with E-state index in [1.807, 2.05) is 19.1 Å². The fraction of sp³-hybridized carbons (Fsp3) is 0.300. The van der Waals surface area contributed by atoms with Gasteiger partial charge in [0.25, 0.3) is 0 Å². The number of Topliss-reactive ketones (excluding diaryl/α,β-unsaturated/α-hetero) is 1. The second kappa shape index (κ2) is 5.21. The lowest BCUT2D eigenvalue weighted by molar-refractivity contribution is 0.102. The average Bonchev–Trinajstić information content (AvgIpc) is 2.18. The van der Waals surface area contributed by atoms with Crippen molar-refractivity contribution in [3.63, 3.8) is 0 Å². The molecule has 0 aromatic heterocycles. The molecule has 1 rings (SSSR count). The van der Waals surface area contributed by atoms with E-state index >= 15 is 0 Å². The highest BCUT2D eigenvalue weighted by atomic mass is 127. The fourth-order valence-corrected chi connectivity index (χ4v) is 1.42. The zero-order valence-corrected chi connectivity index (χ0v) is 9.58. The molecule has 0 aliphatic rings. The highest BCUT2D eigenvalue weighted by Crippen LogP contribution is 2.12. The Kier molecular flexibility index (Phi) is 4.21. The van der Waals surface area contributed by atoms with Crippen LogP contribution in [0.25, 0.3) is 0 Å². The van der Waals surface area contributed by atoms with Gasteiger partial charge in [-0.2, -0.15) is 0 Å². The van der Waals surface area contributed by atoms with Crippen LogP contribution in [-0.4, -0.2) is 16.8 Å². The van der Waals surface area contributed by atoms with Gasteiger partial charge < -0.3 is 4.74 Å². The number of alkyl halides is 1. The van der Waals surface area contributed by atoms with Gasteiger partial charge in [0.1, 0.15) is 5.75 Å². The molecule has 13 heavy (non-hydrogen) atoms. The van der Waals surface area contributed by atoms with Crippen molar-refractivity contribution in [1.82, 2.24) is 0 Å². The minimum Gasteiger partial charge on any atom is -0.494 e. The summed E-state index contributed by atoms with van der Waals surface area (Å²) in [6.45, 7) is 2.59. The highest BCUT2D eigenvalue weighted by Gasteiger charge is 2.02. The van der Waals surface area contributed by atoms with E-state index in [4.69, 9.17) is 4.74 Å². The predicted octanol–water partition coefficient (Wildman–Crippen LogP) is 2.70. The third-order valence-electron chi connectivity index (χ3n) is 1.61. The highest BCUT2D eigenvalue weighted by molar-refractivity contribution is 14.1. The van der Waals surface area contributed by atoms with E-state index in [0.717, 1.165) is 11.3 Å². The van der Waals surface area contributed by atoms with Crippen molar-refractivity contribution in [2.24, 2.45) is 0 Å². The van der Waals surface area contributed by atoms with E-state index in [1.165, 1.54) is 0 Å². The number of ketones is 1. The molecule has 0 amide bonds. The quantitative estimate of drug-likeness (QED) is 0.484. The predicted molar refractivity (Wildman–Crippen MR) is 60.8 cm³/mol. The summed E-state index contributed by atoms with van der Waals surface area (Å²) in [5.41, 5.74) is 0.748. The van der Waals surface area contributed by atoms with Crippen molar-refractivity contribution in [2.75, 3.05) is 11.0 Å². The second-order valence-electron chi connectivity index (χ2n) is 2.51. The molecule has 0 N–H and O–H groups in total. The summed E-state index contributed by atoms with van der Waals surface area (Å²) in [5, 5.41) is 0. The van der Waals surface area contributed by atoms with Crippen LogP contribution in [0.4, 0.5) is 0 Å². The molecule has 0 unspecified atom stereocenters. The molecule has 3 heteroatoms. The summed E-state index contributed by atoms with van der Waals surface area (Å²) in [7, 11) is 0. The normalized spacial score (nSPS) is 9.69.